The molecule has 2 N–H and O–H groups in total. The molecule has 1 saturated heterocycles. The van der Waals surface area contributed by atoms with Crippen molar-refractivity contribution in [3.8, 4) is 0 Å². The number of guanidine groups is 1. The van der Waals surface area contributed by atoms with Crippen molar-refractivity contribution < 1.29 is 0 Å². The van der Waals surface area contributed by atoms with Gasteiger partial charge in [-0.15, -0.1) is 0 Å². The standard InChI is InChI=1S/C15H31N5/c1-18(2)8-9-19-10-12-20(13-11-19)15(16)17-14-6-4-3-5-7-14/h14H,3-13H2,1-2H3,(H2,16,17). The third kappa shape index (κ3) is 4.94. The van der Waals surface area contributed by atoms with Gasteiger partial charge in [-0.1, -0.05) is 19.3 Å². The summed E-state index contributed by atoms with van der Waals surface area (Å²) in [4.78, 5) is 11.8. The van der Waals surface area contributed by atoms with E-state index in [4.69, 9.17) is 10.7 Å². The van der Waals surface area contributed by atoms with Crippen LogP contribution in [0.15, 0.2) is 4.99 Å². The van der Waals surface area contributed by atoms with Crippen LogP contribution in [0.25, 0.3) is 0 Å². The first-order valence-electron chi connectivity index (χ1n) is 8.10. The third-order valence-corrected chi connectivity index (χ3v) is 4.45. The van der Waals surface area contributed by atoms with E-state index in [0.717, 1.165) is 45.2 Å². The summed E-state index contributed by atoms with van der Waals surface area (Å²) >= 11 is 0. The minimum absolute atomic E-state index is 0.482. The SMILES string of the molecule is CN(C)CCN1CCN(C(N)=NC2CCCCC2)CC1. The molecule has 20 heavy (non-hydrogen) atoms. The second-order valence-corrected chi connectivity index (χ2v) is 6.41. The fourth-order valence-corrected chi connectivity index (χ4v) is 3.02. The van der Waals surface area contributed by atoms with Gasteiger partial charge in [0.05, 0.1) is 6.04 Å². The van der Waals surface area contributed by atoms with Gasteiger partial charge in [-0.25, -0.2) is 4.99 Å². The van der Waals surface area contributed by atoms with Gasteiger partial charge in [-0.2, -0.15) is 0 Å². The zero-order valence-electron chi connectivity index (χ0n) is 13.2. The van der Waals surface area contributed by atoms with Gasteiger partial charge in [0.1, 0.15) is 0 Å². The van der Waals surface area contributed by atoms with Gasteiger partial charge in [0.2, 0.25) is 0 Å². The van der Waals surface area contributed by atoms with Gasteiger partial charge in [0, 0.05) is 39.3 Å². The second-order valence-electron chi connectivity index (χ2n) is 6.41. The molecule has 0 aromatic heterocycles. The van der Waals surface area contributed by atoms with E-state index in [1.165, 1.54) is 32.1 Å². The predicted octanol–water partition coefficient (Wildman–Crippen LogP) is 0.813. The molecule has 0 aromatic rings. The van der Waals surface area contributed by atoms with Crippen molar-refractivity contribution in [3.63, 3.8) is 0 Å². The van der Waals surface area contributed by atoms with Crippen LogP contribution in [0.5, 0.6) is 0 Å². The van der Waals surface area contributed by atoms with Gasteiger partial charge >= 0.3 is 0 Å². The maximum Gasteiger partial charge on any atom is 0.191 e. The fourth-order valence-electron chi connectivity index (χ4n) is 3.02. The maximum atomic E-state index is 6.20. The van der Waals surface area contributed by atoms with Crippen molar-refractivity contribution in [2.45, 2.75) is 38.1 Å². The lowest BCUT2D eigenvalue weighted by Gasteiger charge is -2.36. The number of nitrogens with zero attached hydrogens (tertiary/aromatic N) is 4. The van der Waals surface area contributed by atoms with E-state index in [0.29, 0.717) is 6.04 Å². The molecule has 1 heterocycles. The van der Waals surface area contributed by atoms with E-state index in [1.807, 2.05) is 0 Å². The summed E-state index contributed by atoms with van der Waals surface area (Å²) in [5.41, 5.74) is 6.20. The highest BCUT2D eigenvalue weighted by Gasteiger charge is 2.19. The summed E-state index contributed by atoms with van der Waals surface area (Å²) in [5.74, 6) is 0.782. The molecule has 1 saturated carbocycles. The van der Waals surface area contributed by atoms with Crippen LogP contribution in [-0.4, -0.2) is 80.1 Å². The molecule has 0 atom stereocenters. The number of likely N-dealkylation sites (N-methyl/N-ethyl adjacent to an activating group) is 1. The molecule has 5 nitrogen and oxygen atoms in total. The van der Waals surface area contributed by atoms with Crippen LogP contribution in [0, 0.1) is 0 Å². The third-order valence-electron chi connectivity index (χ3n) is 4.45. The Hall–Kier alpha value is -0.810. The second kappa shape index (κ2) is 7.84. The molecule has 0 spiro atoms. The normalized spacial score (nSPS) is 23.6. The van der Waals surface area contributed by atoms with Crippen molar-refractivity contribution in [2.24, 2.45) is 10.7 Å². The molecule has 2 aliphatic rings. The van der Waals surface area contributed by atoms with Gasteiger partial charge in [0.15, 0.2) is 5.96 Å². The first-order valence-corrected chi connectivity index (χ1v) is 8.10. The smallest absolute Gasteiger partial charge is 0.191 e. The largest absolute Gasteiger partial charge is 0.370 e. The highest BCUT2D eigenvalue weighted by molar-refractivity contribution is 5.78. The zero-order chi connectivity index (χ0) is 14.4. The molecule has 116 valence electrons. The van der Waals surface area contributed by atoms with Crippen LogP contribution in [0.2, 0.25) is 0 Å². The minimum atomic E-state index is 0.482. The van der Waals surface area contributed by atoms with Crippen molar-refractivity contribution in [2.75, 3.05) is 53.4 Å². The Morgan fingerprint density at radius 2 is 1.75 bits per heavy atom. The first kappa shape index (κ1) is 15.6. The van der Waals surface area contributed by atoms with Crippen LogP contribution in [0.4, 0.5) is 0 Å². The molecule has 0 radical (unpaired) electrons. The lowest BCUT2D eigenvalue weighted by molar-refractivity contribution is 0.168. The Balaban J connectivity index is 1.73. The van der Waals surface area contributed by atoms with Gasteiger partial charge in [-0.3, -0.25) is 4.90 Å². The van der Waals surface area contributed by atoms with E-state index in [1.54, 1.807) is 0 Å². The predicted molar refractivity (Wildman–Crippen MR) is 85.1 cm³/mol. The van der Waals surface area contributed by atoms with Crippen LogP contribution >= 0.6 is 0 Å². The highest BCUT2D eigenvalue weighted by Crippen LogP contribution is 2.20. The van der Waals surface area contributed by atoms with Crippen molar-refractivity contribution in [3.05, 3.63) is 0 Å². The first-order chi connectivity index (χ1) is 9.65. The van der Waals surface area contributed by atoms with Crippen LogP contribution in [0.3, 0.4) is 0 Å². The van der Waals surface area contributed by atoms with E-state index in [2.05, 4.69) is 28.8 Å². The molecular weight excluding hydrogens is 250 g/mol. The molecule has 0 bridgehead atoms. The molecule has 5 heteroatoms. The van der Waals surface area contributed by atoms with Crippen molar-refractivity contribution in [1.29, 1.82) is 0 Å². The molecule has 2 fully saturated rings. The van der Waals surface area contributed by atoms with Crippen LogP contribution in [-0.2, 0) is 0 Å². The number of hydrogen-bond donors (Lipinski definition) is 1. The summed E-state index contributed by atoms with van der Waals surface area (Å²) in [6.07, 6.45) is 6.46. The minimum Gasteiger partial charge on any atom is -0.370 e. The number of rotatable bonds is 4. The lowest BCUT2D eigenvalue weighted by atomic mass is 9.96. The Morgan fingerprint density at radius 1 is 1.10 bits per heavy atom. The number of nitrogens with two attached hydrogens (primary N) is 1. The van der Waals surface area contributed by atoms with Crippen molar-refractivity contribution in [1.82, 2.24) is 14.7 Å². The molecule has 1 aliphatic heterocycles. The number of piperazine rings is 1. The average Bonchev–Trinajstić information content (AvgIpc) is 2.46. The summed E-state index contributed by atoms with van der Waals surface area (Å²) in [5, 5.41) is 0. The van der Waals surface area contributed by atoms with Crippen molar-refractivity contribution >= 4 is 5.96 Å². The monoisotopic (exact) mass is 281 g/mol. The summed E-state index contributed by atoms with van der Waals surface area (Å²) in [7, 11) is 4.26. The Kier molecular flexibility index (Phi) is 6.10. The van der Waals surface area contributed by atoms with E-state index < -0.39 is 0 Å². The average molecular weight is 281 g/mol. The van der Waals surface area contributed by atoms with Gasteiger partial charge in [0.25, 0.3) is 0 Å². The molecule has 0 aromatic carbocycles. The maximum absolute atomic E-state index is 6.20. The van der Waals surface area contributed by atoms with Crippen LogP contribution in [0.1, 0.15) is 32.1 Å². The zero-order valence-corrected chi connectivity index (χ0v) is 13.2. The molecule has 1 aliphatic carbocycles. The lowest BCUT2D eigenvalue weighted by Crippen LogP contribution is -2.52. The fraction of sp³-hybridized carbons (Fsp3) is 0.933. The van der Waals surface area contributed by atoms with Gasteiger partial charge in [-0.05, 0) is 26.9 Å². The Bertz CT molecular complexity index is 301. The molecule has 0 amide bonds. The quantitative estimate of drug-likeness (QED) is 0.612. The number of aliphatic imine (C=N–C) groups is 1. The molecular formula is C15H31N5. The molecule has 2 rings (SSSR count). The molecule has 0 unspecified atom stereocenters. The summed E-state index contributed by atoms with van der Waals surface area (Å²) in [6, 6.07) is 0.482. The van der Waals surface area contributed by atoms with E-state index in [9.17, 15) is 0 Å². The van der Waals surface area contributed by atoms with Crippen LogP contribution < -0.4 is 5.73 Å². The van der Waals surface area contributed by atoms with Gasteiger partial charge < -0.3 is 15.5 Å². The van der Waals surface area contributed by atoms with E-state index in [-0.39, 0.29) is 0 Å². The summed E-state index contributed by atoms with van der Waals surface area (Å²) in [6.45, 7) is 6.54. The summed E-state index contributed by atoms with van der Waals surface area (Å²) < 4.78 is 0. The number of hydrogen-bond acceptors (Lipinski definition) is 3. The van der Waals surface area contributed by atoms with E-state index >= 15 is 0 Å². The highest BCUT2D eigenvalue weighted by atomic mass is 15.3. The Labute approximate surface area is 123 Å². The topological polar surface area (TPSA) is 48.1 Å². The Morgan fingerprint density at radius 3 is 2.35 bits per heavy atom.